The Labute approximate surface area is 99.7 Å². The topological polar surface area (TPSA) is 89.8 Å². The molecule has 4 N–H and O–H groups in total. The molecule has 5 heteroatoms. The number of aliphatic hydroxyl groups excluding tert-OH is 1. The highest BCUT2D eigenvalue weighted by Crippen LogP contribution is 2.13. The summed E-state index contributed by atoms with van der Waals surface area (Å²) in [6.07, 6.45) is 0. The molecular weight excluding hydrogens is 222 g/mol. The molecule has 0 bridgehead atoms. The lowest BCUT2D eigenvalue weighted by Crippen LogP contribution is -2.44. The maximum atomic E-state index is 11.1. The molecule has 0 aromatic heterocycles. The van der Waals surface area contributed by atoms with Gasteiger partial charge in [0.2, 0.25) is 0 Å². The minimum Gasteiger partial charge on any atom is -0.480 e. The van der Waals surface area contributed by atoms with Gasteiger partial charge in [-0.2, -0.15) is 0 Å². The molecule has 0 spiro atoms. The number of carbonyl (C=O) groups is 1. The van der Waals surface area contributed by atoms with Crippen LogP contribution >= 0.6 is 0 Å². The standard InChI is InChI=1S/C12H17NO4/c1-12(17,8-14)7-13-10(11(15)16)9-5-3-2-4-6-9/h2-6,10,13-14,17H,7-8H2,1H3,(H,15,16). The summed E-state index contributed by atoms with van der Waals surface area (Å²) in [4.78, 5) is 11.1. The van der Waals surface area contributed by atoms with E-state index in [4.69, 9.17) is 10.2 Å². The van der Waals surface area contributed by atoms with E-state index in [1.54, 1.807) is 30.3 Å². The van der Waals surface area contributed by atoms with Crippen molar-refractivity contribution in [1.29, 1.82) is 0 Å². The van der Waals surface area contributed by atoms with E-state index in [1.807, 2.05) is 0 Å². The minimum atomic E-state index is -1.33. The molecule has 0 saturated heterocycles. The molecule has 1 rings (SSSR count). The van der Waals surface area contributed by atoms with Crippen molar-refractivity contribution in [2.24, 2.45) is 0 Å². The van der Waals surface area contributed by atoms with Crippen molar-refractivity contribution in [3.63, 3.8) is 0 Å². The summed E-state index contributed by atoms with van der Waals surface area (Å²) in [5, 5.41) is 30.3. The first kappa shape index (κ1) is 13.6. The molecule has 1 aromatic carbocycles. The molecule has 0 aliphatic rings. The number of carboxylic acid groups (broad SMARTS) is 1. The summed E-state index contributed by atoms with van der Waals surface area (Å²) in [5.41, 5.74) is -0.726. The average molecular weight is 239 g/mol. The van der Waals surface area contributed by atoms with E-state index in [0.29, 0.717) is 5.56 Å². The molecule has 0 saturated carbocycles. The van der Waals surface area contributed by atoms with Crippen LogP contribution in [0.2, 0.25) is 0 Å². The van der Waals surface area contributed by atoms with Gasteiger partial charge in [0.25, 0.3) is 0 Å². The summed E-state index contributed by atoms with van der Waals surface area (Å²) < 4.78 is 0. The van der Waals surface area contributed by atoms with Crippen LogP contribution in [-0.4, -0.2) is 40.0 Å². The fourth-order valence-electron chi connectivity index (χ4n) is 1.37. The van der Waals surface area contributed by atoms with Gasteiger partial charge in [-0.3, -0.25) is 10.1 Å². The fourth-order valence-corrected chi connectivity index (χ4v) is 1.37. The van der Waals surface area contributed by atoms with E-state index in [0.717, 1.165) is 0 Å². The van der Waals surface area contributed by atoms with Crippen LogP contribution in [0.1, 0.15) is 18.5 Å². The van der Waals surface area contributed by atoms with Crippen LogP contribution in [0.5, 0.6) is 0 Å². The van der Waals surface area contributed by atoms with E-state index >= 15 is 0 Å². The molecule has 17 heavy (non-hydrogen) atoms. The Hall–Kier alpha value is -1.43. The Bertz CT molecular complexity index is 364. The van der Waals surface area contributed by atoms with Gasteiger partial charge < -0.3 is 15.3 Å². The number of aliphatic carboxylic acids is 1. The maximum absolute atomic E-state index is 11.1. The second kappa shape index (κ2) is 5.77. The van der Waals surface area contributed by atoms with Crippen LogP contribution in [-0.2, 0) is 4.79 Å². The van der Waals surface area contributed by atoms with Crippen molar-refractivity contribution in [2.45, 2.75) is 18.6 Å². The fraction of sp³-hybridized carbons (Fsp3) is 0.417. The van der Waals surface area contributed by atoms with E-state index in [-0.39, 0.29) is 6.54 Å². The van der Waals surface area contributed by atoms with Gasteiger partial charge >= 0.3 is 5.97 Å². The third-order valence-electron chi connectivity index (χ3n) is 2.41. The van der Waals surface area contributed by atoms with Crippen LogP contribution in [0.25, 0.3) is 0 Å². The summed E-state index contributed by atoms with van der Waals surface area (Å²) in [7, 11) is 0. The van der Waals surface area contributed by atoms with Gasteiger partial charge in [-0.25, -0.2) is 0 Å². The first-order valence-corrected chi connectivity index (χ1v) is 5.30. The molecule has 0 aliphatic carbocycles. The van der Waals surface area contributed by atoms with Gasteiger partial charge in [0.1, 0.15) is 6.04 Å². The van der Waals surface area contributed by atoms with Gasteiger partial charge in [0.05, 0.1) is 12.2 Å². The highest BCUT2D eigenvalue weighted by molar-refractivity contribution is 5.75. The number of carboxylic acids is 1. The van der Waals surface area contributed by atoms with Gasteiger partial charge in [0, 0.05) is 6.54 Å². The van der Waals surface area contributed by atoms with Crippen molar-refractivity contribution in [3.8, 4) is 0 Å². The second-order valence-electron chi connectivity index (χ2n) is 4.22. The van der Waals surface area contributed by atoms with E-state index in [1.165, 1.54) is 6.92 Å². The predicted octanol–water partition coefficient (Wildman–Crippen LogP) is 0.145. The number of hydrogen-bond acceptors (Lipinski definition) is 4. The molecule has 5 nitrogen and oxygen atoms in total. The van der Waals surface area contributed by atoms with Crippen LogP contribution in [0, 0.1) is 0 Å². The predicted molar refractivity (Wildman–Crippen MR) is 62.5 cm³/mol. The molecule has 1 aromatic rings. The summed E-state index contributed by atoms with van der Waals surface area (Å²) in [6.45, 7) is 1.00. The maximum Gasteiger partial charge on any atom is 0.325 e. The first-order valence-electron chi connectivity index (χ1n) is 5.30. The highest BCUT2D eigenvalue weighted by Gasteiger charge is 2.24. The zero-order valence-electron chi connectivity index (χ0n) is 9.63. The molecule has 0 amide bonds. The lowest BCUT2D eigenvalue weighted by Gasteiger charge is -2.23. The number of hydrogen-bond donors (Lipinski definition) is 4. The quantitative estimate of drug-likeness (QED) is 0.567. The van der Waals surface area contributed by atoms with Gasteiger partial charge in [-0.15, -0.1) is 0 Å². The normalized spacial score (nSPS) is 16.2. The molecule has 2 atom stereocenters. The van der Waals surface area contributed by atoms with Crippen molar-refractivity contribution in [3.05, 3.63) is 35.9 Å². The summed E-state index contributed by atoms with van der Waals surface area (Å²) >= 11 is 0. The van der Waals surface area contributed by atoms with Gasteiger partial charge in [-0.1, -0.05) is 30.3 Å². The Kier molecular flexibility index (Phi) is 4.62. The molecule has 94 valence electrons. The van der Waals surface area contributed by atoms with Crippen LogP contribution < -0.4 is 5.32 Å². The molecular formula is C12H17NO4. The Balaban J connectivity index is 2.72. The third kappa shape index (κ3) is 4.14. The largest absolute Gasteiger partial charge is 0.480 e. The third-order valence-corrected chi connectivity index (χ3v) is 2.41. The van der Waals surface area contributed by atoms with Crippen molar-refractivity contribution in [2.75, 3.05) is 13.2 Å². The van der Waals surface area contributed by atoms with Gasteiger partial charge in [-0.05, 0) is 12.5 Å². The zero-order chi connectivity index (χ0) is 12.9. The zero-order valence-corrected chi connectivity index (χ0v) is 9.63. The Morgan fingerprint density at radius 1 is 1.41 bits per heavy atom. The molecule has 2 unspecified atom stereocenters. The first-order chi connectivity index (χ1) is 7.96. The Morgan fingerprint density at radius 3 is 2.47 bits per heavy atom. The monoisotopic (exact) mass is 239 g/mol. The van der Waals surface area contributed by atoms with Crippen LogP contribution in [0.3, 0.4) is 0 Å². The van der Waals surface area contributed by atoms with Gasteiger partial charge in [0.15, 0.2) is 0 Å². The number of aliphatic hydroxyl groups is 2. The van der Waals surface area contributed by atoms with Crippen molar-refractivity contribution < 1.29 is 20.1 Å². The SMILES string of the molecule is CC(O)(CO)CNC(C(=O)O)c1ccccc1. The molecule has 0 fully saturated rings. The smallest absolute Gasteiger partial charge is 0.325 e. The van der Waals surface area contributed by atoms with E-state index in [9.17, 15) is 9.90 Å². The molecule has 0 aliphatic heterocycles. The lowest BCUT2D eigenvalue weighted by atomic mass is 10.0. The number of nitrogens with one attached hydrogen (secondary N) is 1. The van der Waals surface area contributed by atoms with Crippen molar-refractivity contribution >= 4 is 5.97 Å². The van der Waals surface area contributed by atoms with Crippen molar-refractivity contribution in [1.82, 2.24) is 5.32 Å². The highest BCUT2D eigenvalue weighted by atomic mass is 16.4. The van der Waals surface area contributed by atoms with Crippen LogP contribution in [0.4, 0.5) is 0 Å². The van der Waals surface area contributed by atoms with E-state index in [2.05, 4.69) is 5.32 Å². The minimum absolute atomic E-state index is 0.00460. The number of benzene rings is 1. The Morgan fingerprint density at radius 2 is 2.00 bits per heavy atom. The summed E-state index contributed by atoms with van der Waals surface area (Å²) in [5.74, 6) is -1.02. The van der Waals surface area contributed by atoms with E-state index < -0.39 is 24.2 Å². The van der Waals surface area contributed by atoms with Crippen LogP contribution in [0.15, 0.2) is 30.3 Å². The lowest BCUT2D eigenvalue weighted by molar-refractivity contribution is -0.140. The molecule has 0 heterocycles. The second-order valence-corrected chi connectivity index (χ2v) is 4.22. The number of rotatable bonds is 6. The average Bonchev–Trinajstić information content (AvgIpc) is 2.30. The summed E-state index contributed by atoms with van der Waals surface area (Å²) in [6, 6.07) is 7.79. The molecule has 0 radical (unpaired) electrons.